The maximum Gasteiger partial charge on any atom is 0.132 e. The number of ether oxygens (including phenoxy) is 1. The van der Waals surface area contributed by atoms with Crippen molar-refractivity contribution in [2.24, 2.45) is 0 Å². The van der Waals surface area contributed by atoms with Crippen molar-refractivity contribution in [3.8, 4) is 5.75 Å². The second-order valence-corrected chi connectivity index (χ2v) is 5.79. The number of hydrogen-bond donors (Lipinski definition) is 1. The molecule has 1 aliphatic heterocycles. The summed E-state index contributed by atoms with van der Waals surface area (Å²) in [4.78, 5) is 2.40. The van der Waals surface area contributed by atoms with Crippen LogP contribution in [0.4, 0.5) is 5.69 Å². The van der Waals surface area contributed by atoms with Crippen LogP contribution in [0.25, 0.3) is 0 Å². The third kappa shape index (κ3) is 3.48. The van der Waals surface area contributed by atoms with E-state index in [1.807, 2.05) is 18.2 Å². The number of anilines is 1. The van der Waals surface area contributed by atoms with Gasteiger partial charge in [-0.2, -0.15) is 0 Å². The van der Waals surface area contributed by atoms with Gasteiger partial charge in [0.05, 0.1) is 3.57 Å². The van der Waals surface area contributed by atoms with Crippen LogP contribution in [0.3, 0.4) is 0 Å². The Labute approximate surface area is 116 Å². The Morgan fingerprint density at radius 1 is 1.47 bits per heavy atom. The van der Waals surface area contributed by atoms with E-state index in [2.05, 4.69) is 34.5 Å². The van der Waals surface area contributed by atoms with Crippen molar-refractivity contribution < 1.29 is 4.74 Å². The first-order chi connectivity index (χ1) is 8.16. The summed E-state index contributed by atoms with van der Waals surface area (Å²) < 4.78 is 6.98. The number of halogens is 1. The second kappa shape index (κ2) is 5.91. The lowest BCUT2D eigenvalue weighted by atomic mass is 10.0. The van der Waals surface area contributed by atoms with E-state index in [1.165, 1.54) is 25.8 Å². The standard InChI is InChI=1S/C13H19IN2O/c1-16-7-3-2-4-11(16)9-17-13-6-5-10(15)8-12(13)14/h5-6,8,11H,2-4,7,9,15H2,1H3. The molecule has 1 fully saturated rings. The lowest BCUT2D eigenvalue weighted by Gasteiger charge is -2.32. The van der Waals surface area contributed by atoms with Gasteiger partial charge in [0, 0.05) is 11.7 Å². The summed E-state index contributed by atoms with van der Waals surface area (Å²) in [7, 11) is 2.18. The number of nitrogens with two attached hydrogens (primary N) is 1. The van der Waals surface area contributed by atoms with Crippen LogP contribution in [-0.4, -0.2) is 31.1 Å². The number of likely N-dealkylation sites (tertiary alicyclic amines) is 1. The van der Waals surface area contributed by atoms with Crippen molar-refractivity contribution >= 4 is 28.3 Å². The SMILES string of the molecule is CN1CCCCC1COc1ccc(N)cc1I. The highest BCUT2D eigenvalue weighted by atomic mass is 127. The number of nitrogen functional groups attached to an aromatic ring is 1. The molecule has 1 aliphatic rings. The lowest BCUT2D eigenvalue weighted by molar-refractivity contribution is 0.124. The molecule has 0 amide bonds. The highest BCUT2D eigenvalue weighted by Gasteiger charge is 2.19. The van der Waals surface area contributed by atoms with Crippen molar-refractivity contribution in [2.45, 2.75) is 25.3 Å². The Bertz CT molecular complexity index is 384. The van der Waals surface area contributed by atoms with E-state index in [0.717, 1.165) is 21.6 Å². The van der Waals surface area contributed by atoms with E-state index in [4.69, 9.17) is 10.5 Å². The Morgan fingerprint density at radius 3 is 3.00 bits per heavy atom. The summed E-state index contributed by atoms with van der Waals surface area (Å²) in [6, 6.07) is 6.35. The number of nitrogens with zero attached hydrogens (tertiary/aromatic N) is 1. The molecule has 0 radical (unpaired) electrons. The third-order valence-electron chi connectivity index (χ3n) is 3.31. The number of benzene rings is 1. The van der Waals surface area contributed by atoms with Crippen molar-refractivity contribution in [1.29, 1.82) is 0 Å². The van der Waals surface area contributed by atoms with Gasteiger partial charge in [0.2, 0.25) is 0 Å². The van der Waals surface area contributed by atoms with E-state index in [9.17, 15) is 0 Å². The summed E-state index contributed by atoms with van der Waals surface area (Å²) in [5.74, 6) is 0.943. The smallest absolute Gasteiger partial charge is 0.132 e. The van der Waals surface area contributed by atoms with Crippen LogP contribution in [-0.2, 0) is 0 Å². The second-order valence-electron chi connectivity index (χ2n) is 4.63. The zero-order valence-electron chi connectivity index (χ0n) is 10.2. The molecule has 1 atom stereocenters. The number of likely N-dealkylation sites (N-methyl/N-ethyl adjacent to an activating group) is 1. The summed E-state index contributed by atoms with van der Waals surface area (Å²) in [6.45, 7) is 1.96. The van der Waals surface area contributed by atoms with Gasteiger partial charge in [-0.1, -0.05) is 6.42 Å². The van der Waals surface area contributed by atoms with Gasteiger partial charge in [-0.05, 0) is 67.2 Å². The lowest BCUT2D eigenvalue weighted by Crippen LogP contribution is -2.40. The molecule has 2 N–H and O–H groups in total. The summed E-state index contributed by atoms with van der Waals surface area (Å²) >= 11 is 2.27. The molecule has 1 heterocycles. The molecule has 4 heteroatoms. The highest BCUT2D eigenvalue weighted by Crippen LogP contribution is 2.24. The largest absolute Gasteiger partial charge is 0.491 e. The minimum atomic E-state index is 0.553. The van der Waals surface area contributed by atoms with Gasteiger partial charge >= 0.3 is 0 Å². The quantitative estimate of drug-likeness (QED) is 0.676. The molecule has 0 aliphatic carbocycles. The van der Waals surface area contributed by atoms with Gasteiger partial charge in [-0.3, -0.25) is 0 Å². The molecule has 1 aromatic carbocycles. The van der Waals surface area contributed by atoms with E-state index in [1.54, 1.807) is 0 Å². The first kappa shape index (κ1) is 13.0. The minimum absolute atomic E-state index is 0.553. The van der Waals surface area contributed by atoms with Crippen LogP contribution in [0.2, 0.25) is 0 Å². The molecule has 0 bridgehead atoms. The molecule has 17 heavy (non-hydrogen) atoms. The van der Waals surface area contributed by atoms with Crippen LogP contribution < -0.4 is 10.5 Å². The fourth-order valence-electron chi connectivity index (χ4n) is 2.17. The van der Waals surface area contributed by atoms with Gasteiger partial charge in [0.15, 0.2) is 0 Å². The topological polar surface area (TPSA) is 38.5 Å². The van der Waals surface area contributed by atoms with Crippen LogP contribution >= 0.6 is 22.6 Å². The Morgan fingerprint density at radius 2 is 2.29 bits per heavy atom. The van der Waals surface area contributed by atoms with Gasteiger partial charge in [0.1, 0.15) is 12.4 Å². The molecule has 1 unspecified atom stereocenters. The van der Waals surface area contributed by atoms with E-state index in [0.29, 0.717) is 6.04 Å². The average molecular weight is 346 g/mol. The van der Waals surface area contributed by atoms with Crippen LogP contribution in [0.1, 0.15) is 19.3 Å². The molecule has 2 rings (SSSR count). The Kier molecular flexibility index (Phi) is 4.50. The molecule has 94 valence electrons. The molecule has 1 aromatic rings. The molecule has 3 nitrogen and oxygen atoms in total. The van der Waals surface area contributed by atoms with Crippen molar-refractivity contribution in [3.05, 3.63) is 21.8 Å². The van der Waals surface area contributed by atoms with Gasteiger partial charge in [-0.15, -0.1) is 0 Å². The maximum absolute atomic E-state index is 5.90. The normalized spacial score (nSPS) is 21.4. The van der Waals surface area contributed by atoms with E-state index >= 15 is 0 Å². The van der Waals surface area contributed by atoms with Gasteiger partial charge < -0.3 is 15.4 Å². The number of hydrogen-bond acceptors (Lipinski definition) is 3. The van der Waals surface area contributed by atoms with Crippen molar-refractivity contribution in [1.82, 2.24) is 4.90 Å². The third-order valence-corrected chi connectivity index (χ3v) is 4.15. The fourth-order valence-corrected chi connectivity index (χ4v) is 2.87. The summed E-state index contributed by atoms with van der Waals surface area (Å²) in [5.41, 5.74) is 6.51. The van der Waals surface area contributed by atoms with Crippen molar-refractivity contribution in [2.75, 3.05) is 25.9 Å². The molecule has 0 aromatic heterocycles. The minimum Gasteiger partial charge on any atom is -0.491 e. The van der Waals surface area contributed by atoms with Crippen molar-refractivity contribution in [3.63, 3.8) is 0 Å². The molecular weight excluding hydrogens is 327 g/mol. The van der Waals surface area contributed by atoms with Crippen LogP contribution in [0.5, 0.6) is 5.75 Å². The maximum atomic E-state index is 5.90. The predicted molar refractivity (Wildman–Crippen MR) is 79.3 cm³/mol. The van der Waals surface area contributed by atoms with E-state index in [-0.39, 0.29) is 0 Å². The first-order valence-corrected chi connectivity index (χ1v) is 7.13. The fraction of sp³-hybridized carbons (Fsp3) is 0.538. The predicted octanol–water partition coefficient (Wildman–Crippen LogP) is 2.74. The van der Waals surface area contributed by atoms with Gasteiger partial charge in [-0.25, -0.2) is 0 Å². The van der Waals surface area contributed by atoms with Gasteiger partial charge in [0.25, 0.3) is 0 Å². The zero-order chi connectivity index (χ0) is 12.3. The molecule has 1 saturated heterocycles. The summed E-state index contributed by atoms with van der Waals surface area (Å²) in [6.07, 6.45) is 3.87. The highest BCUT2D eigenvalue weighted by molar-refractivity contribution is 14.1. The van der Waals surface area contributed by atoms with Crippen LogP contribution in [0.15, 0.2) is 18.2 Å². The monoisotopic (exact) mass is 346 g/mol. The molecule has 0 spiro atoms. The first-order valence-electron chi connectivity index (χ1n) is 6.05. The zero-order valence-corrected chi connectivity index (χ0v) is 12.3. The Hall–Kier alpha value is -0.490. The van der Waals surface area contributed by atoms with E-state index < -0.39 is 0 Å². The summed E-state index contributed by atoms with van der Waals surface area (Å²) in [5, 5.41) is 0. The number of rotatable bonds is 3. The average Bonchev–Trinajstić information content (AvgIpc) is 2.30. The molecule has 0 saturated carbocycles. The molecular formula is C13H19IN2O. The van der Waals surface area contributed by atoms with Crippen LogP contribution in [0, 0.1) is 3.57 Å². The number of piperidine rings is 1. The Balaban J connectivity index is 1.92.